The molecule has 0 aliphatic carbocycles. The van der Waals surface area contributed by atoms with E-state index in [1.54, 1.807) is 22.6 Å². The minimum Gasteiger partial charge on any atom is -0.358 e. The average molecular weight is 393 g/mol. The number of hydrogen-bond acceptors (Lipinski definition) is 3. The molecule has 0 N–H and O–H groups in total. The minimum atomic E-state index is -2.80. The fourth-order valence-corrected chi connectivity index (χ4v) is 2.76. The van der Waals surface area contributed by atoms with Crippen molar-refractivity contribution in [3.63, 3.8) is 0 Å². The number of nitrogens with zero attached hydrogens (tertiary/aromatic N) is 2. The van der Waals surface area contributed by atoms with E-state index in [-0.39, 0.29) is 5.33 Å². The monoisotopic (exact) mass is 392 g/mol. The topological polar surface area (TPSA) is 56.0 Å². The summed E-state index contributed by atoms with van der Waals surface area (Å²) in [4.78, 5) is 13.1. The molecule has 0 atom stereocenters. The summed E-state index contributed by atoms with van der Waals surface area (Å²) in [5.41, 5.74) is -0.263. The highest BCUT2D eigenvalue weighted by Crippen LogP contribution is 2.28. The molecule has 1 rings (SSSR count). The molecule has 15 heavy (non-hydrogen) atoms. The average Bonchev–Trinajstić information content (AvgIpc) is 2.16. The zero-order chi connectivity index (χ0) is 11.6. The summed E-state index contributed by atoms with van der Waals surface area (Å²) in [6.07, 6.45) is -2.80. The van der Waals surface area contributed by atoms with Crippen molar-refractivity contribution in [2.24, 2.45) is 0 Å². The van der Waals surface area contributed by atoms with Gasteiger partial charge in [0.2, 0.25) is 5.69 Å². The van der Waals surface area contributed by atoms with Gasteiger partial charge in [-0.25, -0.2) is 8.78 Å². The van der Waals surface area contributed by atoms with Gasteiger partial charge in [0.25, 0.3) is 0 Å². The Balaban J connectivity index is 3.38. The molecule has 0 unspecified atom stereocenters. The van der Waals surface area contributed by atoms with Crippen LogP contribution in [0, 0.1) is 13.7 Å². The fraction of sp³-hybridized carbons (Fsp3) is 0.286. The molecule has 0 saturated heterocycles. The van der Waals surface area contributed by atoms with E-state index >= 15 is 0 Å². The van der Waals surface area contributed by atoms with E-state index in [0.29, 0.717) is 9.13 Å². The molecule has 1 aromatic heterocycles. The molecule has 8 heteroatoms. The van der Waals surface area contributed by atoms with E-state index in [0.717, 1.165) is 6.07 Å². The number of alkyl halides is 3. The molecule has 4 nitrogen and oxygen atoms in total. The van der Waals surface area contributed by atoms with Crippen molar-refractivity contribution in [2.75, 3.05) is 0 Å². The second-order valence-corrected chi connectivity index (χ2v) is 4.25. The highest BCUT2D eigenvalue weighted by molar-refractivity contribution is 14.1. The van der Waals surface area contributed by atoms with Crippen LogP contribution in [0.1, 0.15) is 17.7 Å². The Bertz CT molecular complexity index is 403. The maximum Gasteiger partial charge on any atom is 0.369 e. The molecule has 1 heterocycles. The number of halogens is 4. The Labute approximate surface area is 105 Å². The van der Waals surface area contributed by atoms with Crippen molar-refractivity contribution in [2.45, 2.75) is 11.8 Å². The fourth-order valence-electron chi connectivity index (χ4n) is 0.932. The molecule has 0 bridgehead atoms. The molecule has 0 spiro atoms. The quantitative estimate of drug-likeness (QED) is 0.343. The Morgan fingerprint density at radius 1 is 1.67 bits per heavy atom. The van der Waals surface area contributed by atoms with E-state index in [4.69, 9.17) is 0 Å². The van der Waals surface area contributed by atoms with Gasteiger partial charge in [0, 0.05) is 15.0 Å². The van der Waals surface area contributed by atoms with Crippen molar-refractivity contribution in [1.29, 1.82) is 0 Å². The number of hydrogen-bond donors (Lipinski definition) is 0. The predicted octanol–water partition coefficient (Wildman–Crippen LogP) is 3.43. The maximum atomic E-state index is 12.3. The standard InChI is InChI=1S/C7H4BrF2IN2O2/c8-2-3-4(11)1-5(6(9)10)12-7(3)13(14)15/h1,6H,2H2. The van der Waals surface area contributed by atoms with Crippen molar-refractivity contribution in [3.05, 3.63) is 31.0 Å². The highest BCUT2D eigenvalue weighted by atomic mass is 127. The van der Waals surface area contributed by atoms with Gasteiger partial charge in [-0.15, -0.1) is 0 Å². The Kier molecular flexibility index (Phi) is 4.32. The molecule has 0 aromatic carbocycles. The van der Waals surface area contributed by atoms with Crippen LogP contribution in [-0.2, 0) is 5.33 Å². The first kappa shape index (κ1) is 12.7. The van der Waals surface area contributed by atoms with Gasteiger partial charge in [-0.1, -0.05) is 15.9 Å². The van der Waals surface area contributed by atoms with Gasteiger partial charge in [-0.05, 0) is 32.5 Å². The van der Waals surface area contributed by atoms with Gasteiger partial charge in [0.1, 0.15) is 0 Å². The largest absolute Gasteiger partial charge is 0.369 e. The Morgan fingerprint density at radius 2 is 2.27 bits per heavy atom. The van der Waals surface area contributed by atoms with E-state index in [1.807, 2.05) is 0 Å². The second kappa shape index (κ2) is 5.10. The molecule has 0 amide bonds. The third-order valence-corrected chi connectivity index (χ3v) is 3.12. The first-order chi connectivity index (χ1) is 6.97. The number of pyridine rings is 1. The van der Waals surface area contributed by atoms with Gasteiger partial charge in [0.15, 0.2) is 0 Å². The smallest absolute Gasteiger partial charge is 0.358 e. The highest BCUT2D eigenvalue weighted by Gasteiger charge is 2.24. The number of rotatable bonds is 3. The Morgan fingerprint density at radius 3 is 2.67 bits per heavy atom. The van der Waals surface area contributed by atoms with Crippen LogP contribution in [0.15, 0.2) is 6.07 Å². The van der Waals surface area contributed by atoms with Gasteiger partial charge in [0.05, 0.1) is 5.56 Å². The number of nitro groups is 1. The molecular formula is C7H4BrF2IN2O2. The van der Waals surface area contributed by atoms with E-state index in [2.05, 4.69) is 20.9 Å². The SMILES string of the molecule is O=[N+]([O-])c1nc(C(F)F)cc(I)c1CBr. The third-order valence-electron chi connectivity index (χ3n) is 1.60. The lowest BCUT2D eigenvalue weighted by Crippen LogP contribution is -2.03. The molecule has 0 aliphatic heterocycles. The van der Waals surface area contributed by atoms with Crippen LogP contribution in [0.5, 0.6) is 0 Å². The second-order valence-electron chi connectivity index (χ2n) is 2.52. The zero-order valence-corrected chi connectivity index (χ0v) is 10.8. The maximum absolute atomic E-state index is 12.3. The molecule has 0 radical (unpaired) electrons. The summed E-state index contributed by atoms with van der Waals surface area (Å²) in [6.45, 7) is 0. The predicted molar refractivity (Wildman–Crippen MR) is 61.2 cm³/mol. The van der Waals surface area contributed by atoms with Crippen LogP contribution in [0.25, 0.3) is 0 Å². The molecule has 0 saturated carbocycles. The van der Waals surface area contributed by atoms with Gasteiger partial charge >= 0.3 is 12.2 Å². The normalized spacial score (nSPS) is 10.7. The molecule has 82 valence electrons. The molecular weight excluding hydrogens is 389 g/mol. The van der Waals surface area contributed by atoms with Gasteiger partial charge in [-0.2, -0.15) is 0 Å². The molecule has 0 aliphatic rings. The third kappa shape index (κ3) is 2.80. The zero-order valence-electron chi connectivity index (χ0n) is 7.08. The summed E-state index contributed by atoms with van der Waals surface area (Å²) in [7, 11) is 0. The van der Waals surface area contributed by atoms with Crippen LogP contribution in [-0.4, -0.2) is 9.91 Å². The molecule has 1 aromatic rings. The summed E-state index contributed by atoms with van der Waals surface area (Å²) < 4.78 is 25.1. The van der Waals surface area contributed by atoms with Crippen LogP contribution < -0.4 is 0 Å². The lowest BCUT2D eigenvalue weighted by Gasteiger charge is -2.03. The van der Waals surface area contributed by atoms with E-state index in [9.17, 15) is 18.9 Å². The summed E-state index contributed by atoms with van der Waals surface area (Å²) in [5.74, 6) is -0.519. The molecule has 0 fully saturated rings. The van der Waals surface area contributed by atoms with Gasteiger partial charge < -0.3 is 10.1 Å². The Hall–Kier alpha value is -0.380. The van der Waals surface area contributed by atoms with Crippen LogP contribution >= 0.6 is 38.5 Å². The van der Waals surface area contributed by atoms with Crippen molar-refractivity contribution >= 4 is 44.3 Å². The lowest BCUT2D eigenvalue weighted by atomic mass is 10.2. The summed E-state index contributed by atoms with van der Waals surface area (Å²) >= 11 is 4.82. The number of aromatic nitrogens is 1. The van der Waals surface area contributed by atoms with Gasteiger partial charge in [-0.3, -0.25) is 0 Å². The van der Waals surface area contributed by atoms with Crippen LogP contribution in [0.4, 0.5) is 14.6 Å². The van der Waals surface area contributed by atoms with Crippen LogP contribution in [0.3, 0.4) is 0 Å². The summed E-state index contributed by atoms with van der Waals surface area (Å²) in [6, 6.07) is 1.15. The van der Waals surface area contributed by atoms with Crippen molar-refractivity contribution in [3.8, 4) is 0 Å². The lowest BCUT2D eigenvalue weighted by molar-refractivity contribution is -0.390. The first-order valence-corrected chi connectivity index (χ1v) is 5.85. The van der Waals surface area contributed by atoms with Crippen molar-refractivity contribution in [1.82, 2.24) is 4.98 Å². The summed E-state index contributed by atoms with van der Waals surface area (Å²) in [5, 5.41) is 10.8. The van der Waals surface area contributed by atoms with E-state index < -0.39 is 22.9 Å². The minimum absolute atomic E-state index is 0.206. The first-order valence-electron chi connectivity index (χ1n) is 3.65. The van der Waals surface area contributed by atoms with Crippen molar-refractivity contribution < 1.29 is 13.7 Å². The van der Waals surface area contributed by atoms with E-state index in [1.165, 1.54) is 0 Å². The van der Waals surface area contributed by atoms with Crippen LogP contribution in [0.2, 0.25) is 0 Å².